The summed E-state index contributed by atoms with van der Waals surface area (Å²) in [5.74, 6) is -3.80. The lowest BCUT2D eigenvalue weighted by Crippen LogP contribution is -2.30. The third-order valence-corrected chi connectivity index (χ3v) is 4.77. The Morgan fingerprint density at radius 1 is 1.18 bits per heavy atom. The van der Waals surface area contributed by atoms with E-state index in [1.165, 1.54) is 37.3 Å². The summed E-state index contributed by atoms with van der Waals surface area (Å²) in [4.78, 5) is 22.1. The summed E-state index contributed by atoms with van der Waals surface area (Å²) in [6.07, 6.45) is -5.02. The molecule has 0 fully saturated rings. The lowest BCUT2D eigenvalue weighted by Gasteiger charge is -2.15. The standard InChI is InChI=1S/C17H11BrCl2F3NO4/c1-7(15(25)26)8-4-11(19)14(12(20)5-8)28-9-2-3-13(10(18)6-9)24-16(27)17(21,22)23/h2-7H,1H3,(H,24,27)(H,25,26). The molecule has 0 saturated carbocycles. The predicted molar refractivity (Wildman–Crippen MR) is 101 cm³/mol. The summed E-state index contributed by atoms with van der Waals surface area (Å²) in [7, 11) is 0. The van der Waals surface area contributed by atoms with Crippen LogP contribution >= 0.6 is 39.1 Å². The number of carbonyl (C=O) groups is 2. The molecule has 1 atom stereocenters. The minimum Gasteiger partial charge on any atom is -0.481 e. The Balaban J connectivity index is 2.26. The molecule has 2 N–H and O–H groups in total. The zero-order valence-corrected chi connectivity index (χ0v) is 17.0. The highest BCUT2D eigenvalue weighted by Crippen LogP contribution is 2.40. The molecule has 5 nitrogen and oxygen atoms in total. The molecular weight excluding hydrogens is 490 g/mol. The van der Waals surface area contributed by atoms with Crippen LogP contribution in [0.3, 0.4) is 0 Å². The molecule has 0 saturated heterocycles. The molecule has 0 aliphatic rings. The lowest BCUT2D eigenvalue weighted by molar-refractivity contribution is -0.167. The third kappa shape index (κ3) is 5.30. The van der Waals surface area contributed by atoms with Crippen molar-refractivity contribution in [1.82, 2.24) is 0 Å². The molecule has 150 valence electrons. The first-order chi connectivity index (χ1) is 12.9. The number of hydrogen-bond donors (Lipinski definition) is 2. The van der Waals surface area contributed by atoms with Gasteiger partial charge in [-0.25, -0.2) is 0 Å². The van der Waals surface area contributed by atoms with Crippen LogP contribution in [0, 0.1) is 0 Å². The number of alkyl halides is 3. The van der Waals surface area contributed by atoms with Crippen molar-refractivity contribution < 1.29 is 32.6 Å². The van der Waals surface area contributed by atoms with E-state index < -0.39 is 24.0 Å². The van der Waals surface area contributed by atoms with E-state index in [1.54, 1.807) is 5.32 Å². The van der Waals surface area contributed by atoms with Gasteiger partial charge in [0.05, 0.1) is 21.7 Å². The van der Waals surface area contributed by atoms with Gasteiger partial charge in [-0.1, -0.05) is 23.2 Å². The van der Waals surface area contributed by atoms with Gasteiger partial charge in [0.2, 0.25) is 0 Å². The van der Waals surface area contributed by atoms with E-state index in [0.717, 1.165) is 0 Å². The summed E-state index contributed by atoms with van der Waals surface area (Å²) in [6.45, 7) is 1.47. The van der Waals surface area contributed by atoms with Crippen LogP contribution in [-0.2, 0) is 9.59 Å². The monoisotopic (exact) mass is 499 g/mol. The average molecular weight is 501 g/mol. The molecule has 0 heterocycles. The molecule has 1 amide bonds. The normalized spacial score (nSPS) is 12.4. The molecule has 0 radical (unpaired) electrons. The molecule has 1 unspecified atom stereocenters. The first-order valence-corrected chi connectivity index (χ1v) is 9.02. The number of carboxylic acid groups (broad SMARTS) is 1. The number of amides is 1. The maximum absolute atomic E-state index is 12.3. The van der Waals surface area contributed by atoms with Crippen molar-refractivity contribution in [3.05, 3.63) is 50.4 Å². The Bertz CT molecular complexity index is 914. The highest BCUT2D eigenvalue weighted by atomic mass is 79.9. The fourth-order valence-electron chi connectivity index (χ4n) is 2.04. The molecule has 28 heavy (non-hydrogen) atoms. The molecule has 2 aromatic carbocycles. The highest BCUT2D eigenvalue weighted by molar-refractivity contribution is 9.10. The number of aliphatic carboxylic acids is 1. The van der Waals surface area contributed by atoms with Gasteiger partial charge in [-0.3, -0.25) is 9.59 Å². The molecule has 2 rings (SSSR count). The van der Waals surface area contributed by atoms with E-state index in [0.29, 0.717) is 5.56 Å². The van der Waals surface area contributed by atoms with E-state index in [1.807, 2.05) is 0 Å². The number of carboxylic acids is 1. The van der Waals surface area contributed by atoms with Gasteiger partial charge in [-0.15, -0.1) is 0 Å². The van der Waals surface area contributed by atoms with Crippen molar-refractivity contribution in [2.24, 2.45) is 0 Å². The molecule has 0 aromatic heterocycles. The maximum atomic E-state index is 12.3. The Labute approximate surface area is 175 Å². The van der Waals surface area contributed by atoms with Gasteiger partial charge in [0.25, 0.3) is 0 Å². The number of benzene rings is 2. The summed E-state index contributed by atoms with van der Waals surface area (Å²) >= 11 is 15.3. The Morgan fingerprint density at radius 3 is 2.21 bits per heavy atom. The minimum absolute atomic E-state index is 0.0450. The average Bonchev–Trinajstić information content (AvgIpc) is 2.58. The Kier molecular flexibility index (Phi) is 6.84. The van der Waals surface area contributed by atoms with Crippen molar-refractivity contribution in [2.75, 3.05) is 5.32 Å². The largest absolute Gasteiger partial charge is 0.481 e. The molecular formula is C17H11BrCl2F3NO4. The lowest BCUT2D eigenvalue weighted by atomic mass is 10.0. The number of nitrogens with one attached hydrogen (secondary N) is 1. The summed E-state index contributed by atoms with van der Waals surface area (Å²) < 4.78 is 42.7. The fourth-order valence-corrected chi connectivity index (χ4v) is 3.08. The first kappa shape index (κ1) is 22.3. The van der Waals surface area contributed by atoms with Crippen LogP contribution in [0.2, 0.25) is 10.0 Å². The number of halogens is 6. The van der Waals surface area contributed by atoms with Gasteiger partial charge in [0.1, 0.15) is 5.75 Å². The fraction of sp³-hybridized carbons (Fsp3) is 0.176. The molecule has 0 aliphatic carbocycles. The number of carbonyl (C=O) groups excluding carboxylic acids is 1. The van der Waals surface area contributed by atoms with E-state index in [4.69, 9.17) is 33.0 Å². The second-order valence-electron chi connectivity index (χ2n) is 5.57. The Morgan fingerprint density at radius 2 is 1.75 bits per heavy atom. The van der Waals surface area contributed by atoms with E-state index in [9.17, 15) is 22.8 Å². The number of ether oxygens (including phenoxy) is 1. The third-order valence-electron chi connectivity index (χ3n) is 3.56. The summed E-state index contributed by atoms with van der Waals surface area (Å²) in [6, 6.07) is 6.61. The molecule has 0 spiro atoms. The molecule has 0 bridgehead atoms. The van der Waals surface area contributed by atoms with Gasteiger partial charge in [-0.2, -0.15) is 13.2 Å². The number of hydrogen-bond acceptors (Lipinski definition) is 3. The zero-order chi connectivity index (χ0) is 21.2. The van der Waals surface area contributed by atoms with Crippen LogP contribution in [0.1, 0.15) is 18.4 Å². The van der Waals surface area contributed by atoms with Crippen LogP contribution in [0.5, 0.6) is 11.5 Å². The number of anilines is 1. The smallest absolute Gasteiger partial charge is 0.471 e. The highest BCUT2D eigenvalue weighted by Gasteiger charge is 2.38. The Hall–Kier alpha value is -1.97. The quantitative estimate of drug-likeness (QED) is 0.509. The summed E-state index contributed by atoms with van der Waals surface area (Å²) in [5.41, 5.74) is 0.263. The van der Waals surface area contributed by atoms with Crippen LogP contribution in [0.25, 0.3) is 0 Å². The minimum atomic E-state index is -5.02. The molecule has 0 aliphatic heterocycles. The van der Waals surface area contributed by atoms with Crippen molar-refractivity contribution in [2.45, 2.75) is 19.0 Å². The van der Waals surface area contributed by atoms with E-state index in [2.05, 4.69) is 15.9 Å². The van der Waals surface area contributed by atoms with Crippen molar-refractivity contribution in [3.63, 3.8) is 0 Å². The molecule has 11 heteroatoms. The SMILES string of the molecule is CC(C(=O)O)c1cc(Cl)c(Oc2ccc(NC(=O)C(F)(F)F)c(Br)c2)c(Cl)c1. The van der Waals surface area contributed by atoms with Gasteiger partial charge in [-0.05, 0) is 58.7 Å². The van der Waals surface area contributed by atoms with Gasteiger partial charge in [0.15, 0.2) is 5.75 Å². The van der Waals surface area contributed by atoms with Gasteiger partial charge < -0.3 is 15.2 Å². The second kappa shape index (κ2) is 8.59. The molecule has 2 aromatic rings. The van der Waals surface area contributed by atoms with Crippen LogP contribution in [-0.4, -0.2) is 23.2 Å². The first-order valence-electron chi connectivity index (χ1n) is 7.47. The van der Waals surface area contributed by atoms with E-state index in [-0.39, 0.29) is 31.7 Å². The summed E-state index contributed by atoms with van der Waals surface area (Å²) in [5, 5.41) is 10.9. The predicted octanol–water partition coefficient (Wildman–Crippen LogP) is 6.24. The van der Waals surface area contributed by atoms with Crippen LogP contribution in [0.15, 0.2) is 34.8 Å². The van der Waals surface area contributed by atoms with Crippen LogP contribution in [0.4, 0.5) is 18.9 Å². The van der Waals surface area contributed by atoms with Crippen LogP contribution < -0.4 is 10.1 Å². The van der Waals surface area contributed by atoms with Crippen molar-refractivity contribution >= 4 is 56.7 Å². The van der Waals surface area contributed by atoms with Crippen molar-refractivity contribution in [3.8, 4) is 11.5 Å². The maximum Gasteiger partial charge on any atom is 0.471 e. The zero-order valence-electron chi connectivity index (χ0n) is 13.9. The van der Waals surface area contributed by atoms with Crippen molar-refractivity contribution in [1.29, 1.82) is 0 Å². The van der Waals surface area contributed by atoms with Gasteiger partial charge in [0, 0.05) is 4.47 Å². The topological polar surface area (TPSA) is 75.6 Å². The van der Waals surface area contributed by atoms with Gasteiger partial charge >= 0.3 is 18.1 Å². The van der Waals surface area contributed by atoms with E-state index >= 15 is 0 Å². The number of rotatable bonds is 5. The second-order valence-corrected chi connectivity index (χ2v) is 7.24.